The molecular weight excluding hydrogens is 228 g/mol. The molecule has 0 aromatic heterocycles. The van der Waals surface area contributed by atoms with Crippen molar-refractivity contribution in [2.75, 3.05) is 7.11 Å². The van der Waals surface area contributed by atoms with Crippen LogP contribution < -0.4 is 0 Å². The molecule has 3 heteroatoms. The second-order valence-corrected chi connectivity index (χ2v) is 5.72. The number of aromatic hydroxyl groups is 1. The van der Waals surface area contributed by atoms with Crippen molar-refractivity contribution in [1.29, 1.82) is 0 Å². The van der Waals surface area contributed by atoms with Crippen LogP contribution >= 0.6 is 0 Å². The highest BCUT2D eigenvalue weighted by Crippen LogP contribution is 2.35. The number of benzene rings is 1. The molecule has 1 unspecified atom stereocenters. The van der Waals surface area contributed by atoms with E-state index in [-0.39, 0.29) is 23.1 Å². The number of carbonyl (C=O) groups is 1. The normalized spacial score (nSPS) is 13.2. The second-order valence-electron chi connectivity index (χ2n) is 5.72. The van der Waals surface area contributed by atoms with Crippen molar-refractivity contribution >= 4 is 5.97 Å². The molecule has 0 fully saturated rings. The van der Waals surface area contributed by atoms with Gasteiger partial charge in [0.05, 0.1) is 13.0 Å². The molecule has 1 aromatic rings. The molecule has 0 radical (unpaired) electrons. The molecule has 0 bridgehead atoms. The molecule has 0 saturated heterocycles. The van der Waals surface area contributed by atoms with Gasteiger partial charge in [-0.05, 0) is 42.0 Å². The molecular formula is C15H22O3. The van der Waals surface area contributed by atoms with Gasteiger partial charge >= 0.3 is 5.97 Å². The van der Waals surface area contributed by atoms with E-state index in [1.807, 2.05) is 33.8 Å². The first kappa shape index (κ1) is 14.6. The van der Waals surface area contributed by atoms with E-state index >= 15 is 0 Å². The molecule has 0 aliphatic rings. The van der Waals surface area contributed by atoms with Crippen LogP contribution in [0.2, 0.25) is 0 Å². The SMILES string of the molecule is COC(=O)C(C)c1cc(O)c(C(C)(C)C)cc1C. The molecule has 18 heavy (non-hydrogen) atoms. The number of carbonyl (C=O) groups excluding carboxylic acids is 1. The highest BCUT2D eigenvalue weighted by atomic mass is 16.5. The van der Waals surface area contributed by atoms with Crippen LogP contribution in [0.5, 0.6) is 5.75 Å². The van der Waals surface area contributed by atoms with Crippen LogP contribution in [-0.4, -0.2) is 18.2 Å². The molecule has 0 amide bonds. The summed E-state index contributed by atoms with van der Waals surface area (Å²) in [5, 5.41) is 10.1. The van der Waals surface area contributed by atoms with E-state index in [4.69, 9.17) is 4.74 Å². The van der Waals surface area contributed by atoms with E-state index in [0.29, 0.717) is 0 Å². The van der Waals surface area contributed by atoms with Crippen molar-refractivity contribution in [3.8, 4) is 5.75 Å². The van der Waals surface area contributed by atoms with Gasteiger partial charge in [-0.25, -0.2) is 0 Å². The first-order valence-electron chi connectivity index (χ1n) is 6.10. The van der Waals surface area contributed by atoms with Crippen LogP contribution in [0.4, 0.5) is 0 Å². The van der Waals surface area contributed by atoms with Gasteiger partial charge in [-0.2, -0.15) is 0 Å². The van der Waals surface area contributed by atoms with Gasteiger partial charge in [0.25, 0.3) is 0 Å². The second kappa shape index (κ2) is 5.01. The highest BCUT2D eigenvalue weighted by molar-refractivity contribution is 5.78. The lowest BCUT2D eigenvalue weighted by Gasteiger charge is -2.23. The van der Waals surface area contributed by atoms with E-state index in [2.05, 4.69) is 0 Å². The zero-order valence-electron chi connectivity index (χ0n) is 12.0. The lowest BCUT2D eigenvalue weighted by Crippen LogP contribution is -2.15. The first-order chi connectivity index (χ1) is 8.18. The topological polar surface area (TPSA) is 46.5 Å². The third kappa shape index (κ3) is 2.84. The largest absolute Gasteiger partial charge is 0.508 e. The van der Waals surface area contributed by atoms with Crippen molar-refractivity contribution in [1.82, 2.24) is 0 Å². The molecule has 1 N–H and O–H groups in total. The number of phenolic OH excluding ortho intramolecular Hbond substituents is 1. The van der Waals surface area contributed by atoms with E-state index in [9.17, 15) is 9.90 Å². The molecule has 0 aliphatic heterocycles. The van der Waals surface area contributed by atoms with E-state index < -0.39 is 0 Å². The Labute approximate surface area is 109 Å². The first-order valence-corrected chi connectivity index (χ1v) is 6.10. The Morgan fingerprint density at radius 2 is 1.89 bits per heavy atom. The summed E-state index contributed by atoms with van der Waals surface area (Å²) < 4.78 is 4.74. The number of phenols is 1. The van der Waals surface area contributed by atoms with Crippen LogP contribution in [0.25, 0.3) is 0 Å². The summed E-state index contributed by atoms with van der Waals surface area (Å²) in [6.07, 6.45) is 0. The third-order valence-corrected chi connectivity index (χ3v) is 3.21. The van der Waals surface area contributed by atoms with Crippen molar-refractivity contribution in [3.05, 3.63) is 28.8 Å². The lowest BCUT2D eigenvalue weighted by molar-refractivity contribution is -0.142. The van der Waals surface area contributed by atoms with Gasteiger partial charge in [0.2, 0.25) is 0 Å². The molecule has 1 rings (SSSR count). The van der Waals surface area contributed by atoms with Crippen molar-refractivity contribution in [2.24, 2.45) is 0 Å². The fraction of sp³-hybridized carbons (Fsp3) is 0.533. The minimum atomic E-state index is -0.366. The van der Waals surface area contributed by atoms with Crippen molar-refractivity contribution in [3.63, 3.8) is 0 Å². The van der Waals surface area contributed by atoms with Gasteiger partial charge in [-0.3, -0.25) is 4.79 Å². The number of hydrogen-bond donors (Lipinski definition) is 1. The summed E-state index contributed by atoms with van der Waals surface area (Å²) in [7, 11) is 1.37. The van der Waals surface area contributed by atoms with Crippen LogP contribution in [0, 0.1) is 6.92 Å². The van der Waals surface area contributed by atoms with Gasteiger partial charge in [0.15, 0.2) is 0 Å². The molecule has 0 heterocycles. The molecule has 0 saturated carbocycles. The number of ether oxygens (including phenoxy) is 1. The maximum atomic E-state index is 11.6. The van der Waals surface area contributed by atoms with Crippen LogP contribution in [0.3, 0.4) is 0 Å². The number of hydrogen-bond acceptors (Lipinski definition) is 3. The monoisotopic (exact) mass is 250 g/mol. The number of aryl methyl sites for hydroxylation is 1. The number of rotatable bonds is 2. The van der Waals surface area contributed by atoms with Gasteiger partial charge in [0.1, 0.15) is 5.75 Å². The minimum absolute atomic E-state index is 0.123. The number of esters is 1. The predicted octanol–water partition coefficient (Wildman–Crippen LogP) is 3.27. The van der Waals surface area contributed by atoms with Crippen LogP contribution in [0.15, 0.2) is 12.1 Å². The lowest BCUT2D eigenvalue weighted by atomic mass is 9.83. The van der Waals surface area contributed by atoms with E-state index in [0.717, 1.165) is 16.7 Å². The summed E-state index contributed by atoms with van der Waals surface area (Å²) in [5.74, 6) is -0.421. The van der Waals surface area contributed by atoms with Crippen molar-refractivity contribution in [2.45, 2.75) is 46.0 Å². The summed E-state index contributed by atoms with van der Waals surface area (Å²) in [6, 6.07) is 3.63. The quantitative estimate of drug-likeness (QED) is 0.819. The average molecular weight is 250 g/mol. The summed E-state index contributed by atoms with van der Waals surface area (Å²) in [4.78, 5) is 11.6. The minimum Gasteiger partial charge on any atom is -0.508 e. The summed E-state index contributed by atoms with van der Waals surface area (Å²) in [5.41, 5.74) is 2.57. The Morgan fingerprint density at radius 1 is 1.33 bits per heavy atom. The predicted molar refractivity (Wildman–Crippen MR) is 72.0 cm³/mol. The maximum absolute atomic E-state index is 11.6. The molecule has 3 nitrogen and oxygen atoms in total. The molecule has 1 aromatic carbocycles. The standard InChI is InChI=1S/C15H22O3/c1-9-7-12(15(3,4)5)13(16)8-11(9)10(2)14(17)18-6/h7-8,10,16H,1-6H3. The Hall–Kier alpha value is -1.51. The fourth-order valence-corrected chi connectivity index (χ4v) is 2.08. The molecule has 1 atom stereocenters. The maximum Gasteiger partial charge on any atom is 0.312 e. The van der Waals surface area contributed by atoms with Crippen LogP contribution in [0.1, 0.15) is 50.3 Å². The third-order valence-electron chi connectivity index (χ3n) is 3.21. The van der Waals surface area contributed by atoms with Gasteiger partial charge in [-0.15, -0.1) is 0 Å². The zero-order chi connectivity index (χ0) is 14.1. The summed E-state index contributed by atoms with van der Waals surface area (Å²) in [6.45, 7) is 9.87. The van der Waals surface area contributed by atoms with Gasteiger partial charge in [0, 0.05) is 0 Å². The zero-order valence-corrected chi connectivity index (χ0v) is 12.0. The summed E-state index contributed by atoms with van der Waals surface area (Å²) >= 11 is 0. The Kier molecular flexibility index (Phi) is 4.05. The van der Waals surface area contributed by atoms with Crippen LogP contribution in [-0.2, 0) is 14.9 Å². The van der Waals surface area contributed by atoms with Gasteiger partial charge < -0.3 is 9.84 Å². The highest BCUT2D eigenvalue weighted by Gasteiger charge is 2.23. The molecule has 0 spiro atoms. The molecule has 0 aliphatic carbocycles. The molecule has 100 valence electrons. The number of methoxy groups -OCH3 is 1. The fourth-order valence-electron chi connectivity index (χ4n) is 2.08. The Balaban J connectivity index is 3.27. The average Bonchev–Trinajstić information content (AvgIpc) is 2.28. The van der Waals surface area contributed by atoms with E-state index in [1.54, 1.807) is 13.0 Å². The Bertz CT molecular complexity index is 456. The smallest absolute Gasteiger partial charge is 0.312 e. The Morgan fingerprint density at radius 3 is 2.33 bits per heavy atom. The van der Waals surface area contributed by atoms with Crippen molar-refractivity contribution < 1.29 is 14.6 Å². The van der Waals surface area contributed by atoms with Gasteiger partial charge in [-0.1, -0.05) is 26.8 Å². The van der Waals surface area contributed by atoms with E-state index in [1.165, 1.54) is 7.11 Å².